The Balaban J connectivity index is 2.40. The van der Waals surface area contributed by atoms with E-state index < -0.39 is 23.9 Å². The topological polar surface area (TPSA) is 26.3 Å². The molecule has 0 unspecified atom stereocenters. The molecule has 2 rings (SSSR count). The van der Waals surface area contributed by atoms with Gasteiger partial charge in [-0.15, -0.1) is 13.2 Å². The SMILES string of the molecule is O=Cc1ccc(-c2ccc(C(F)(F)F)cc2)cc1OC(F)(F)F. The summed E-state index contributed by atoms with van der Waals surface area (Å²) in [5, 5.41) is 0. The molecule has 0 amide bonds. The first-order chi connectivity index (χ1) is 10.6. The summed E-state index contributed by atoms with van der Waals surface area (Å²) in [6, 6.07) is 7.23. The fourth-order valence-corrected chi connectivity index (χ4v) is 1.88. The molecule has 0 atom stereocenters. The molecule has 0 saturated heterocycles. The first-order valence-electron chi connectivity index (χ1n) is 6.13. The maximum atomic E-state index is 12.5. The number of carbonyl (C=O) groups is 1. The Bertz CT molecular complexity index is 701. The molecular formula is C15H8F6O2. The van der Waals surface area contributed by atoms with Gasteiger partial charge in [-0.3, -0.25) is 4.79 Å². The zero-order valence-corrected chi connectivity index (χ0v) is 11.2. The van der Waals surface area contributed by atoms with E-state index >= 15 is 0 Å². The van der Waals surface area contributed by atoms with E-state index in [4.69, 9.17) is 0 Å². The van der Waals surface area contributed by atoms with Crippen LogP contribution in [-0.2, 0) is 6.18 Å². The Hall–Kier alpha value is -2.51. The summed E-state index contributed by atoms with van der Waals surface area (Å²) in [6.45, 7) is 0. The van der Waals surface area contributed by atoms with Gasteiger partial charge in [-0.2, -0.15) is 13.2 Å². The monoisotopic (exact) mass is 334 g/mol. The smallest absolute Gasteiger partial charge is 0.405 e. The van der Waals surface area contributed by atoms with E-state index in [1.165, 1.54) is 6.07 Å². The van der Waals surface area contributed by atoms with Crippen LogP contribution in [0.4, 0.5) is 26.3 Å². The van der Waals surface area contributed by atoms with Gasteiger partial charge in [0.1, 0.15) is 5.75 Å². The highest BCUT2D eigenvalue weighted by atomic mass is 19.4. The van der Waals surface area contributed by atoms with Crippen molar-refractivity contribution in [1.29, 1.82) is 0 Å². The molecule has 0 aromatic heterocycles. The van der Waals surface area contributed by atoms with E-state index in [9.17, 15) is 31.1 Å². The van der Waals surface area contributed by atoms with Crippen LogP contribution in [0.2, 0.25) is 0 Å². The Kier molecular flexibility index (Phi) is 4.35. The predicted octanol–water partition coefficient (Wildman–Crippen LogP) is 5.08. The van der Waals surface area contributed by atoms with Crippen LogP contribution in [0.15, 0.2) is 42.5 Å². The summed E-state index contributed by atoms with van der Waals surface area (Å²) in [6.07, 6.45) is -9.31. The Morgan fingerprint density at radius 3 is 1.87 bits per heavy atom. The summed E-state index contributed by atoms with van der Waals surface area (Å²) in [5.74, 6) is -0.718. The quantitative estimate of drug-likeness (QED) is 0.578. The normalized spacial score (nSPS) is 12.1. The van der Waals surface area contributed by atoms with Crippen molar-refractivity contribution < 1.29 is 35.9 Å². The molecule has 0 aliphatic carbocycles. The Morgan fingerprint density at radius 1 is 0.826 bits per heavy atom. The van der Waals surface area contributed by atoms with Crippen molar-refractivity contribution in [2.45, 2.75) is 12.5 Å². The van der Waals surface area contributed by atoms with Gasteiger partial charge in [0.15, 0.2) is 6.29 Å². The lowest BCUT2D eigenvalue weighted by atomic mass is 10.0. The minimum atomic E-state index is -4.99. The average molecular weight is 334 g/mol. The largest absolute Gasteiger partial charge is 0.573 e. The van der Waals surface area contributed by atoms with Crippen LogP contribution in [0, 0.1) is 0 Å². The third kappa shape index (κ3) is 4.24. The van der Waals surface area contributed by atoms with Gasteiger partial charge in [-0.05, 0) is 35.4 Å². The molecule has 0 spiro atoms. The molecular weight excluding hydrogens is 326 g/mol. The molecule has 0 aliphatic rings. The lowest BCUT2D eigenvalue weighted by Crippen LogP contribution is -2.18. The molecule has 0 aliphatic heterocycles. The van der Waals surface area contributed by atoms with Gasteiger partial charge < -0.3 is 4.74 Å². The molecule has 2 nitrogen and oxygen atoms in total. The molecule has 0 fully saturated rings. The van der Waals surface area contributed by atoms with Gasteiger partial charge in [0.2, 0.25) is 0 Å². The minimum Gasteiger partial charge on any atom is -0.405 e. The van der Waals surface area contributed by atoms with Crippen molar-refractivity contribution in [3.63, 3.8) is 0 Å². The second-order valence-corrected chi connectivity index (χ2v) is 4.49. The number of ether oxygens (including phenoxy) is 1. The standard InChI is InChI=1S/C15H8F6O2/c16-14(17,18)12-5-3-9(4-6-12)10-1-2-11(8-22)13(7-10)23-15(19,20)21/h1-8H. The minimum absolute atomic E-state index is 0.184. The van der Waals surface area contributed by atoms with Gasteiger partial charge >= 0.3 is 12.5 Å². The third-order valence-corrected chi connectivity index (χ3v) is 2.91. The highest BCUT2D eigenvalue weighted by Gasteiger charge is 2.32. The average Bonchev–Trinajstić information content (AvgIpc) is 2.45. The number of hydrogen-bond acceptors (Lipinski definition) is 2. The van der Waals surface area contributed by atoms with Crippen LogP contribution in [-0.4, -0.2) is 12.6 Å². The molecule has 0 saturated carbocycles. The van der Waals surface area contributed by atoms with Crippen LogP contribution >= 0.6 is 0 Å². The van der Waals surface area contributed by atoms with Crippen molar-refractivity contribution in [3.8, 4) is 16.9 Å². The van der Waals surface area contributed by atoms with E-state index in [0.29, 0.717) is 0 Å². The summed E-state index contributed by atoms with van der Waals surface area (Å²) in [7, 11) is 0. The van der Waals surface area contributed by atoms with E-state index in [1.807, 2.05) is 0 Å². The second kappa shape index (κ2) is 5.94. The second-order valence-electron chi connectivity index (χ2n) is 4.49. The maximum absolute atomic E-state index is 12.5. The van der Waals surface area contributed by atoms with E-state index in [2.05, 4.69) is 4.74 Å². The van der Waals surface area contributed by atoms with Gasteiger partial charge in [-0.1, -0.05) is 18.2 Å². The van der Waals surface area contributed by atoms with E-state index in [0.717, 1.165) is 36.4 Å². The molecule has 2 aromatic rings. The van der Waals surface area contributed by atoms with E-state index in [1.54, 1.807) is 0 Å². The summed E-state index contributed by atoms with van der Waals surface area (Å²) in [5.41, 5.74) is -0.762. The number of carbonyl (C=O) groups excluding carboxylic acids is 1. The lowest BCUT2D eigenvalue weighted by Gasteiger charge is -2.13. The molecule has 0 radical (unpaired) electrons. The van der Waals surface area contributed by atoms with Gasteiger partial charge in [0, 0.05) is 0 Å². The Morgan fingerprint density at radius 2 is 1.39 bits per heavy atom. The van der Waals surface area contributed by atoms with Crippen LogP contribution in [0.1, 0.15) is 15.9 Å². The highest BCUT2D eigenvalue weighted by Crippen LogP contribution is 2.33. The summed E-state index contributed by atoms with van der Waals surface area (Å²) in [4.78, 5) is 10.7. The molecule has 2 aromatic carbocycles. The van der Waals surface area contributed by atoms with Crippen LogP contribution in [0.25, 0.3) is 11.1 Å². The molecule has 23 heavy (non-hydrogen) atoms. The molecule has 122 valence electrons. The number of halogens is 6. The fraction of sp³-hybridized carbons (Fsp3) is 0.133. The van der Waals surface area contributed by atoms with Crippen molar-refractivity contribution in [1.82, 2.24) is 0 Å². The maximum Gasteiger partial charge on any atom is 0.573 e. The lowest BCUT2D eigenvalue weighted by molar-refractivity contribution is -0.274. The zero-order chi connectivity index (χ0) is 17.3. The first kappa shape index (κ1) is 16.9. The van der Waals surface area contributed by atoms with Crippen molar-refractivity contribution in [2.24, 2.45) is 0 Å². The zero-order valence-electron chi connectivity index (χ0n) is 11.2. The molecule has 0 bridgehead atoms. The molecule has 0 N–H and O–H groups in total. The van der Waals surface area contributed by atoms with Crippen LogP contribution in [0.5, 0.6) is 5.75 Å². The fourth-order valence-electron chi connectivity index (χ4n) is 1.88. The van der Waals surface area contributed by atoms with Crippen LogP contribution < -0.4 is 4.74 Å². The van der Waals surface area contributed by atoms with Gasteiger partial charge in [0.05, 0.1) is 11.1 Å². The Labute approximate surface area is 126 Å². The van der Waals surface area contributed by atoms with E-state index in [-0.39, 0.29) is 23.0 Å². The molecule has 8 heteroatoms. The molecule has 0 heterocycles. The number of benzene rings is 2. The van der Waals surface area contributed by atoms with Crippen LogP contribution in [0.3, 0.4) is 0 Å². The van der Waals surface area contributed by atoms with Crippen molar-refractivity contribution >= 4 is 6.29 Å². The van der Waals surface area contributed by atoms with Crippen molar-refractivity contribution in [2.75, 3.05) is 0 Å². The summed E-state index contributed by atoms with van der Waals surface area (Å²) >= 11 is 0. The number of aldehydes is 1. The van der Waals surface area contributed by atoms with Gasteiger partial charge in [0.25, 0.3) is 0 Å². The predicted molar refractivity (Wildman–Crippen MR) is 69.0 cm³/mol. The number of rotatable bonds is 3. The number of hydrogen-bond donors (Lipinski definition) is 0. The third-order valence-electron chi connectivity index (χ3n) is 2.91. The highest BCUT2D eigenvalue weighted by molar-refractivity contribution is 5.82. The van der Waals surface area contributed by atoms with Gasteiger partial charge in [-0.25, -0.2) is 0 Å². The summed E-state index contributed by atoms with van der Waals surface area (Å²) < 4.78 is 78.2. The van der Waals surface area contributed by atoms with Crippen molar-refractivity contribution in [3.05, 3.63) is 53.6 Å². The first-order valence-corrected chi connectivity index (χ1v) is 6.13. The number of alkyl halides is 6.